The number of rotatable bonds is 12. The monoisotopic (exact) mass is 382 g/mol. The van der Waals surface area contributed by atoms with E-state index in [1.807, 2.05) is 30.3 Å². The third-order valence-corrected chi connectivity index (χ3v) is 5.64. The molecule has 3 nitrogen and oxygen atoms in total. The van der Waals surface area contributed by atoms with Crippen molar-refractivity contribution < 1.29 is 14.3 Å². The lowest BCUT2D eigenvalue weighted by molar-refractivity contribution is -0.116. The third-order valence-electron chi connectivity index (χ3n) is 5.64. The number of allylic oxidation sites excluding steroid dienone is 4. The van der Waals surface area contributed by atoms with E-state index in [4.69, 9.17) is 4.74 Å². The average Bonchev–Trinajstić information content (AvgIpc) is 2.72. The molecule has 0 saturated carbocycles. The van der Waals surface area contributed by atoms with E-state index < -0.39 is 0 Å². The minimum absolute atomic E-state index is 0.0448. The number of hydrogen-bond donors (Lipinski definition) is 0. The first-order valence-electron chi connectivity index (χ1n) is 10.7. The number of Topliss-reactive ketones (excluding diaryl/α,β-unsaturated/α-hetero) is 2. The Morgan fingerprint density at radius 1 is 0.643 bits per heavy atom. The highest BCUT2D eigenvalue weighted by atomic mass is 16.5. The smallest absolute Gasteiger partial charge is 0.185 e. The molecular formula is C25H34O3. The summed E-state index contributed by atoms with van der Waals surface area (Å²) in [5.41, 5.74) is 2.64. The van der Waals surface area contributed by atoms with E-state index >= 15 is 0 Å². The summed E-state index contributed by atoms with van der Waals surface area (Å²) >= 11 is 0. The Labute approximate surface area is 169 Å². The molecule has 0 unspecified atom stereocenters. The first kappa shape index (κ1) is 22.1. The van der Waals surface area contributed by atoms with Gasteiger partial charge < -0.3 is 4.74 Å². The highest BCUT2D eigenvalue weighted by Crippen LogP contribution is 2.27. The minimum atomic E-state index is 0.0448. The molecule has 0 atom stereocenters. The molecule has 0 amide bonds. The molecule has 0 radical (unpaired) electrons. The van der Waals surface area contributed by atoms with Crippen molar-refractivity contribution in [2.24, 2.45) is 0 Å². The van der Waals surface area contributed by atoms with E-state index in [1.165, 1.54) is 32.1 Å². The first-order chi connectivity index (χ1) is 13.5. The zero-order valence-corrected chi connectivity index (χ0v) is 17.7. The summed E-state index contributed by atoms with van der Waals surface area (Å²) in [5.74, 6) is 1.07. The highest BCUT2D eigenvalue weighted by Gasteiger charge is 2.26. The normalized spacial score (nSPS) is 14.8. The van der Waals surface area contributed by atoms with Crippen LogP contribution in [0.15, 0.2) is 52.6 Å². The molecule has 1 aromatic carbocycles. The van der Waals surface area contributed by atoms with Crippen LogP contribution in [0.1, 0.15) is 78.6 Å². The van der Waals surface area contributed by atoms with E-state index in [1.54, 1.807) is 20.8 Å². The van der Waals surface area contributed by atoms with Gasteiger partial charge in [0, 0.05) is 22.3 Å². The van der Waals surface area contributed by atoms with Crippen molar-refractivity contribution in [2.45, 2.75) is 78.6 Å². The first-order valence-corrected chi connectivity index (χ1v) is 10.7. The zero-order valence-electron chi connectivity index (χ0n) is 17.7. The molecule has 0 heterocycles. The second-order valence-electron chi connectivity index (χ2n) is 7.75. The van der Waals surface area contributed by atoms with E-state index in [0.29, 0.717) is 16.7 Å². The molecule has 1 aromatic rings. The summed E-state index contributed by atoms with van der Waals surface area (Å²) < 4.78 is 5.70. The second-order valence-corrected chi connectivity index (χ2v) is 7.75. The van der Waals surface area contributed by atoms with Crippen molar-refractivity contribution in [1.29, 1.82) is 0 Å². The van der Waals surface area contributed by atoms with E-state index in [0.717, 1.165) is 43.6 Å². The van der Waals surface area contributed by atoms with Crippen LogP contribution < -0.4 is 4.74 Å². The maximum atomic E-state index is 12.4. The summed E-state index contributed by atoms with van der Waals surface area (Å²) in [7, 11) is 0. The van der Waals surface area contributed by atoms with Gasteiger partial charge in [-0.1, -0.05) is 56.7 Å². The number of carbonyl (C=O) groups is 2. The van der Waals surface area contributed by atoms with Crippen LogP contribution in [0.25, 0.3) is 0 Å². The largest absolute Gasteiger partial charge is 0.494 e. The summed E-state index contributed by atoms with van der Waals surface area (Å²) in [4.78, 5) is 24.6. The third kappa shape index (κ3) is 6.47. The predicted molar refractivity (Wildman–Crippen MR) is 115 cm³/mol. The Bertz CT molecular complexity index is 725. The van der Waals surface area contributed by atoms with Gasteiger partial charge in [-0.3, -0.25) is 9.59 Å². The summed E-state index contributed by atoms with van der Waals surface area (Å²) in [5, 5.41) is 0. The topological polar surface area (TPSA) is 43.4 Å². The van der Waals surface area contributed by atoms with Crippen molar-refractivity contribution in [3.8, 4) is 5.75 Å². The number of ketones is 2. The van der Waals surface area contributed by atoms with Crippen molar-refractivity contribution in [3.63, 3.8) is 0 Å². The van der Waals surface area contributed by atoms with Crippen LogP contribution in [0.2, 0.25) is 0 Å². The molecule has 0 fully saturated rings. The second kappa shape index (κ2) is 11.6. The van der Waals surface area contributed by atoms with Crippen LogP contribution in [0.5, 0.6) is 5.75 Å². The number of carbonyl (C=O) groups excluding carboxylic acids is 2. The fourth-order valence-corrected chi connectivity index (χ4v) is 3.63. The lowest BCUT2D eigenvalue weighted by Crippen LogP contribution is -2.20. The highest BCUT2D eigenvalue weighted by molar-refractivity contribution is 6.24. The van der Waals surface area contributed by atoms with Gasteiger partial charge in [0.05, 0.1) is 6.61 Å². The molecule has 1 aliphatic carbocycles. The van der Waals surface area contributed by atoms with Gasteiger partial charge in [-0.15, -0.1) is 0 Å². The fourth-order valence-electron chi connectivity index (χ4n) is 3.63. The SMILES string of the molecule is CC1=C(C)C(=O)C(CCCCCCCCCCOc2ccccc2)=C(C)C1=O. The molecular weight excluding hydrogens is 348 g/mol. The zero-order chi connectivity index (χ0) is 20.4. The van der Waals surface area contributed by atoms with Crippen molar-refractivity contribution in [3.05, 3.63) is 52.6 Å². The average molecular weight is 383 g/mol. The van der Waals surface area contributed by atoms with Gasteiger partial charge >= 0.3 is 0 Å². The molecule has 28 heavy (non-hydrogen) atoms. The van der Waals surface area contributed by atoms with Crippen LogP contribution in [-0.2, 0) is 9.59 Å². The fraction of sp³-hybridized carbons (Fsp3) is 0.520. The molecule has 3 heteroatoms. The number of para-hydroxylation sites is 1. The van der Waals surface area contributed by atoms with Gasteiger partial charge in [0.1, 0.15) is 5.75 Å². The lowest BCUT2D eigenvalue weighted by Gasteiger charge is -2.18. The molecule has 1 aliphatic rings. The lowest BCUT2D eigenvalue weighted by atomic mass is 9.84. The quantitative estimate of drug-likeness (QED) is 0.311. The van der Waals surface area contributed by atoms with Crippen LogP contribution in [0.3, 0.4) is 0 Å². The Morgan fingerprint density at radius 3 is 1.82 bits per heavy atom. The van der Waals surface area contributed by atoms with Crippen molar-refractivity contribution in [2.75, 3.05) is 6.61 Å². The minimum Gasteiger partial charge on any atom is -0.494 e. The molecule has 0 aliphatic heterocycles. The Balaban J connectivity index is 1.50. The van der Waals surface area contributed by atoms with Gasteiger partial charge in [0.2, 0.25) is 0 Å². The maximum Gasteiger partial charge on any atom is 0.185 e. The Kier molecular flexibility index (Phi) is 9.19. The molecule has 0 aromatic heterocycles. The molecule has 0 N–H and O–H groups in total. The van der Waals surface area contributed by atoms with Crippen LogP contribution >= 0.6 is 0 Å². The van der Waals surface area contributed by atoms with E-state index in [-0.39, 0.29) is 11.6 Å². The van der Waals surface area contributed by atoms with Crippen molar-refractivity contribution in [1.82, 2.24) is 0 Å². The van der Waals surface area contributed by atoms with E-state index in [2.05, 4.69) is 0 Å². The summed E-state index contributed by atoms with van der Waals surface area (Å²) in [6, 6.07) is 9.97. The molecule has 0 saturated heterocycles. The molecule has 0 spiro atoms. The number of unbranched alkanes of at least 4 members (excludes halogenated alkanes) is 7. The van der Waals surface area contributed by atoms with Gasteiger partial charge in [-0.25, -0.2) is 0 Å². The van der Waals surface area contributed by atoms with E-state index in [9.17, 15) is 9.59 Å². The Morgan fingerprint density at radius 2 is 1.18 bits per heavy atom. The van der Waals surface area contributed by atoms with Crippen LogP contribution in [0, 0.1) is 0 Å². The number of hydrogen-bond acceptors (Lipinski definition) is 3. The Hall–Kier alpha value is -2.16. The molecule has 152 valence electrons. The van der Waals surface area contributed by atoms with Gasteiger partial charge in [0.15, 0.2) is 11.6 Å². The summed E-state index contributed by atoms with van der Waals surface area (Å²) in [6.45, 7) is 6.11. The van der Waals surface area contributed by atoms with Crippen molar-refractivity contribution >= 4 is 11.6 Å². The standard InChI is InChI=1S/C25H34O3/c1-19-20(2)25(27)23(21(3)24(19)26)17-13-8-6-4-5-7-9-14-18-28-22-15-11-10-12-16-22/h10-12,15-16H,4-9,13-14,17-18H2,1-3H3. The number of benzene rings is 1. The maximum absolute atomic E-state index is 12.4. The van der Waals surface area contributed by atoms with Gasteiger partial charge in [-0.2, -0.15) is 0 Å². The summed E-state index contributed by atoms with van der Waals surface area (Å²) in [6.07, 6.45) is 10.1. The number of ether oxygens (including phenoxy) is 1. The van der Waals surface area contributed by atoms with Gasteiger partial charge in [0.25, 0.3) is 0 Å². The van der Waals surface area contributed by atoms with Gasteiger partial charge in [-0.05, 0) is 52.2 Å². The van der Waals surface area contributed by atoms with Crippen LogP contribution in [0.4, 0.5) is 0 Å². The molecule has 0 bridgehead atoms. The van der Waals surface area contributed by atoms with Crippen LogP contribution in [-0.4, -0.2) is 18.2 Å². The predicted octanol–water partition coefficient (Wildman–Crippen LogP) is 6.38. The molecule has 2 rings (SSSR count).